The van der Waals surface area contributed by atoms with Crippen molar-refractivity contribution in [2.24, 2.45) is 0 Å². The molecule has 2 aromatic rings. The summed E-state index contributed by atoms with van der Waals surface area (Å²) in [5.41, 5.74) is 1.29. The molecular formula is C20H21NO3S. The molecule has 1 fully saturated rings. The molecule has 25 heavy (non-hydrogen) atoms. The number of rotatable bonds is 7. The average molecular weight is 355 g/mol. The fourth-order valence-electron chi connectivity index (χ4n) is 3.00. The number of ether oxygens (including phenoxy) is 1. The quantitative estimate of drug-likeness (QED) is 0.610. The van der Waals surface area contributed by atoms with Crippen molar-refractivity contribution in [1.29, 1.82) is 0 Å². The first-order valence-electron chi connectivity index (χ1n) is 8.39. The SMILES string of the molecule is O=C(COC(=O)/C=C/c1cccs1)NCC1(c2ccccc2)CCC1. The fraction of sp³-hybridized carbons (Fsp3) is 0.300. The zero-order chi connectivity index (χ0) is 17.5. The Bertz CT molecular complexity index is 734. The number of hydrogen-bond donors (Lipinski definition) is 1. The Kier molecular flexibility index (Phi) is 5.66. The predicted molar refractivity (Wildman–Crippen MR) is 99.3 cm³/mol. The van der Waals surface area contributed by atoms with Crippen LogP contribution >= 0.6 is 11.3 Å². The molecule has 1 saturated carbocycles. The number of benzene rings is 1. The number of hydrogen-bond acceptors (Lipinski definition) is 4. The van der Waals surface area contributed by atoms with E-state index in [2.05, 4.69) is 17.4 Å². The van der Waals surface area contributed by atoms with Crippen LogP contribution < -0.4 is 5.32 Å². The van der Waals surface area contributed by atoms with Gasteiger partial charge in [0.1, 0.15) is 0 Å². The van der Waals surface area contributed by atoms with E-state index in [1.54, 1.807) is 6.08 Å². The molecule has 1 aromatic carbocycles. The number of esters is 1. The summed E-state index contributed by atoms with van der Waals surface area (Å²) in [6.45, 7) is 0.330. The summed E-state index contributed by atoms with van der Waals surface area (Å²) in [6, 6.07) is 14.1. The second-order valence-electron chi connectivity index (χ2n) is 6.23. The van der Waals surface area contributed by atoms with Gasteiger partial charge in [-0.1, -0.05) is 42.8 Å². The van der Waals surface area contributed by atoms with E-state index in [-0.39, 0.29) is 17.9 Å². The van der Waals surface area contributed by atoms with Crippen LogP contribution in [0.2, 0.25) is 0 Å². The summed E-state index contributed by atoms with van der Waals surface area (Å²) in [4.78, 5) is 24.6. The van der Waals surface area contributed by atoms with Crippen molar-refractivity contribution in [1.82, 2.24) is 5.32 Å². The third kappa shape index (κ3) is 4.57. The number of carbonyl (C=O) groups excluding carboxylic acids is 2. The lowest BCUT2D eigenvalue weighted by molar-refractivity contribution is -0.143. The van der Waals surface area contributed by atoms with Gasteiger partial charge < -0.3 is 10.1 Å². The van der Waals surface area contributed by atoms with Gasteiger partial charge in [0.15, 0.2) is 6.61 Å². The van der Waals surface area contributed by atoms with Crippen molar-refractivity contribution < 1.29 is 14.3 Å². The Labute approximate surface area is 151 Å². The number of thiophene rings is 1. The van der Waals surface area contributed by atoms with Crippen LogP contribution in [0.4, 0.5) is 0 Å². The zero-order valence-corrected chi connectivity index (χ0v) is 14.8. The first kappa shape index (κ1) is 17.4. The van der Waals surface area contributed by atoms with Gasteiger partial charge in [0, 0.05) is 22.9 Å². The maximum atomic E-state index is 12.0. The third-order valence-electron chi connectivity index (χ3n) is 4.59. The zero-order valence-electron chi connectivity index (χ0n) is 13.9. The molecule has 1 aromatic heterocycles. The van der Waals surface area contributed by atoms with Crippen molar-refractivity contribution in [2.45, 2.75) is 24.7 Å². The lowest BCUT2D eigenvalue weighted by Crippen LogP contribution is -2.46. The molecule has 0 radical (unpaired) electrons. The molecular weight excluding hydrogens is 334 g/mol. The summed E-state index contributed by atoms with van der Waals surface area (Å²) in [7, 11) is 0. The first-order chi connectivity index (χ1) is 12.2. The molecule has 1 aliphatic carbocycles. The van der Waals surface area contributed by atoms with Gasteiger partial charge in [0.2, 0.25) is 0 Å². The molecule has 1 amide bonds. The molecule has 130 valence electrons. The molecule has 1 aliphatic rings. The van der Waals surface area contributed by atoms with E-state index in [0.29, 0.717) is 6.54 Å². The van der Waals surface area contributed by atoms with E-state index in [1.165, 1.54) is 29.4 Å². The second kappa shape index (κ2) is 8.12. The molecule has 0 bridgehead atoms. The van der Waals surface area contributed by atoms with E-state index in [1.807, 2.05) is 35.7 Å². The summed E-state index contributed by atoms with van der Waals surface area (Å²) < 4.78 is 4.99. The summed E-state index contributed by atoms with van der Waals surface area (Å²) >= 11 is 1.53. The maximum Gasteiger partial charge on any atom is 0.331 e. The van der Waals surface area contributed by atoms with Crippen LogP contribution in [0, 0.1) is 0 Å². The Morgan fingerprint density at radius 1 is 1.16 bits per heavy atom. The second-order valence-corrected chi connectivity index (χ2v) is 7.21. The minimum absolute atomic E-state index is 0.0278. The minimum atomic E-state index is -0.509. The molecule has 0 saturated heterocycles. The lowest BCUT2D eigenvalue weighted by Gasteiger charge is -2.42. The highest BCUT2D eigenvalue weighted by atomic mass is 32.1. The van der Waals surface area contributed by atoms with Crippen LogP contribution in [0.3, 0.4) is 0 Å². The van der Waals surface area contributed by atoms with Gasteiger partial charge >= 0.3 is 5.97 Å². The predicted octanol–water partition coefficient (Wildman–Crippen LogP) is 3.54. The van der Waals surface area contributed by atoms with Crippen LogP contribution in [-0.4, -0.2) is 25.0 Å². The molecule has 0 atom stereocenters. The minimum Gasteiger partial charge on any atom is -0.452 e. The van der Waals surface area contributed by atoms with E-state index in [4.69, 9.17) is 4.74 Å². The van der Waals surface area contributed by atoms with Gasteiger partial charge in [0.05, 0.1) is 0 Å². The Balaban J connectivity index is 1.44. The molecule has 0 spiro atoms. The van der Waals surface area contributed by atoms with Gasteiger partial charge in [-0.05, 0) is 35.9 Å². The van der Waals surface area contributed by atoms with Crippen molar-refractivity contribution in [2.75, 3.05) is 13.2 Å². The lowest BCUT2D eigenvalue weighted by atomic mass is 9.64. The number of carbonyl (C=O) groups is 2. The Morgan fingerprint density at radius 3 is 2.60 bits per heavy atom. The molecule has 0 unspecified atom stereocenters. The summed E-state index contributed by atoms with van der Waals surface area (Å²) in [5, 5.41) is 4.84. The third-order valence-corrected chi connectivity index (χ3v) is 5.43. The van der Waals surface area contributed by atoms with Gasteiger partial charge in [-0.25, -0.2) is 4.79 Å². The van der Waals surface area contributed by atoms with Crippen molar-refractivity contribution in [3.63, 3.8) is 0 Å². The van der Waals surface area contributed by atoms with E-state index in [9.17, 15) is 9.59 Å². The fourth-order valence-corrected chi connectivity index (χ4v) is 3.62. The van der Waals surface area contributed by atoms with E-state index >= 15 is 0 Å². The van der Waals surface area contributed by atoms with Crippen molar-refractivity contribution >= 4 is 29.3 Å². The maximum absolute atomic E-state index is 12.0. The van der Waals surface area contributed by atoms with Gasteiger partial charge in [-0.15, -0.1) is 11.3 Å². The highest BCUT2D eigenvalue weighted by Gasteiger charge is 2.38. The first-order valence-corrected chi connectivity index (χ1v) is 9.27. The van der Waals surface area contributed by atoms with Crippen LogP contribution in [0.25, 0.3) is 6.08 Å². The summed E-state index contributed by atoms with van der Waals surface area (Å²) in [6.07, 6.45) is 6.34. The molecule has 4 nitrogen and oxygen atoms in total. The average Bonchev–Trinajstić information content (AvgIpc) is 3.12. The molecule has 0 aliphatic heterocycles. The topological polar surface area (TPSA) is 55.4 Å². The van der Waals surface area contributed by atoms with Crippen LogP contribution in [0.5, 0.6) is 0 Å². The summed E-state index contributed by atoms with van der Waals surface area (Å²) in [5.74, 6) is -0.773. The monoisotopic (exact) mass is 355 g/mol. The van der Waals surface area contributed by atoms with Crippen LogP contribution in [0.1, 0.15) is 29.7 Å². The van der Waals surface area contributed by atoms with Crippen molar-refractivity contribution in [3.8, 4) is 0 Å². The number of nitrogens with one attached hydrogen (secondary N) is 1. The normalized spacial score (nSPS) is 15.5. The standard InChI is InChI=1S/C20H21NO3S/c22-18(14-24-19(23)10-9-17-8-4-13-25-17)21-15-20(11-5-12-20)16-6-2-1-3-7-16/h1-4,6-10,13H,5,11-12,14-15H2,(H,21,22)/b10-9+. The van der Waals surface area contributed by atoms with E-state index < -0.39 is 5.97 Å². The van der Waals surface area contributed by atoms with Crippen LogP contribution in [-0.2, 0) is 19.7 Å². The van der Waals surface area contributed by atoms with Gasteiger partial charge in [-0.2, -0.15) is 0 Å². The smallest absolute Gasteiger partial charge is 0.331 e. The highest BCUT2D eigenvalue weighted by molar-refractivity contribution is 7.10. The molecule has 5 heteroatoms. The van der Waals surface area contributed by atoms with Crippen molar-refractivity contribution in [3.05, 3.63) is 64.4 Å². The van der Waals surface area contributed by atoms with Gasteiger partial charge in [-0.3, -0.25) is 4.79 Å². The molecule has 1 N–H and O–H groups in total. The largest absolute Gasteiger partial charge is 0.452 e. The Morgan fingerprint density at radius 2 is 1.96 bits per heavy atom. The number of amides is 1. The molecule has 3 rings (SSSR count). The van der Waals surface area contributed by atoms with Crippen LogP contribution in [0.15, 0.2) is 53.9 Å². The Hall–Kier alpha value is -2.40. The molecule has 1 heterocycles. The van der Waals surface area contributed by atoms with Gasteiger partial charge in [0.25, 0.3) is 5.91 Å². The van der Waals surface area contributed by atoms with E-state index in [0.717, 1.165) is 17.7 Å². The highest BCUT2D eigenvalue weighted by Crippen LogP contribution is 2.43.